The largest absolute Gasteiger partial charge is 0.456 e. The standard InChI is InChI=1S/C49H31N3O2/c1-2-12-30(13-3-1)34-28-41(45-39-18-7-9-23-43(39)53-44(45)29-34)49-51-47(33-26-24-32(25-27-33)36-19-10-15-31-14-4-5-16-35(31)36)50-48(52-49)40-21-11-20-38-37-17-6-8-22-42(37)54-46(38)40/h1-4,6-15,17-29H,5,16H2. The first-order chi connectivity index (χ1) is 26.7. The molecule has 5 heteroatoms. The molecular weight excluding hydrogens is 663 g/mol. The molecular formula is C49H31N3O2. The summed E-state index contributed by atoms with van der Waals surface area (Å²) in [5, 5.41) is 4.05. The molecule has 0 fully saturated rings. The van der Waals surface area contributed by atoms with E-state index in [4.69, 9.17) is 23.8 Å². The molecule has 5 nitrogen and oxygen atoms in total. The highest BCUT2D eigenvalue weighted by atomic mass is 16.3. The Hall–Kier alpha value is -7.11. The molecule has 1 aliphatic carbocycles. The zero-order valence-corrected chi connectivity index (χ0v) is 29.2. The normalized spacial score (nSPS) is 12.6. The Labute approximate surface area is 310 Å². The van der Waals surface area contributed by atoms with Crippen molar-refractivity contribution >= 4 is 50.0 Å². The Morgan fingerprint density at radius 3 is 1.94 bits per heavy atom. The first-order valence-corrected chi connectivity index (χ1v) is 18.3. The molecule has 0 amide bonds. The van der Waals surface area contributed by atoms with Crippen molar-refractivity contribution in [3.8, 4) is 56.4 Å². The average Bonchev–Trinajstić information content (AvgIpc) is 3.82. The Morgan fingerprint density at radius 1 is 0.426 bits per heavy atom. The number of benzene rings is 7. The van der Waals surface area contributed by atoms with E-state index in [0.29, 0.717) is 17.5 Å². The summed E-state index contributed by atoms with van der Waals surface area (Å²) in [6.07, 6.45) is 6.59. The molecule has 254 valence electrons. The first kappa shape index (κ1) is 30.5. The zero-order valence-electron chi connectivity index (χ0n) is 29.2. The molecule has 0 aliphatic heterocycles. The van der Waals surface area contributed by atoms with E-state index in [1.165, 1.54) is 22.3 Å². The van der Waals surface area contributed by atoms with Gasteiger partial charge in [-0.05, 0) is 76.6 Å². The molecule has 0 spiro atoms. The second-order valence-electron chi connectivity index (χ2n) is 13.8. The van der Waals surface area contributed by atoms with Crippen LogP contribution in [0.3, 0.4) is 0 Å². The zero-order chi connectivity index (χ0) is 35.6. The molecule has 0 radical (unpaired) electrons. The van der Waals surface area contributed by atoms with Gasteiger partial charge in [0.05, 0.1) is 5.56 Å². The monoisotopic (exact) mass is 693 g/mol. The van der Waals surface area contributed by atoms with Crippen molar-refractivity contribution in [1.29, 1.82) is 0 Å². The second kappa shape index (κ2) is 12.2. The van der Waals surface area contributed by atoms with Gasteiger partial charge in [0.15, 0.2) is 17.5 Å². The molecule has 10 aromatic rings. The van der Waals surface area contributed by atoms with Crippen molar-refractivity contribution in [1.82, 2.24) is 15.0 Å². The van der Waals surface area contributed by atoms with Crippen molar-refractivity contribution in [2.75, 3.05) is 0 Å². The van der Waals surface area contributed by atoms with Gasteiger partial charge in [0.1, 0.15) is 22.3 Å². The van der Waals surface area contributed by atoms with E-state index in [1.54, 1.807) is 0 Å². The number of hydrogen-bond acceptors (Lipinski definition) is 5. The number of aromatic nitrogens is 3. The molecule has 3 aromatic heterocycles. The van der Waals surface area contributed by atoms with E-state index in [9.17, 15) is 0 Å². The highest BCUT2D eigenvalue weighted by Crippen LogP contribution is 2.41. The molecule has 0 unspecified atom stereocenters. The van der Waals surface area contributed by atoms with Crippen molar-refractivity contribution in [2.24, 2.45) is 0 Å². The fraction of sp³-hybridized carbons (Fsp3) is 0.0408. The van der Waals surface area contributed by atoms with Crippen LogP contribution in [-0.2, 0) is 6.42 Å². The smallest absolute Gasteiger partial charge is 0.167 e. The van der Waals surface area contributed by atoms with E-state index in [1.807, 2.05) is 54.6 Å². The maximum Gasteiger partial charge on any atom is 0.167 e. The van der Waals surface area contributed by atoms with Gasteiger partial charge in [-0.15, -0.1) is 0 Å². The topological polar surface area (TPSA) is 65.0 Å². The molecule has 1 aliphatic rings. The quantitative estimate of drug-likeness (QED) is 0.179. The molecule has 54 heavy (non-hydrogen) atoms. The van der Waals surface area contributed by atoms with E-state index < -0.39 is 0 Å². The van der Waals surface area contributed by atoms with Gasteiger partial charge in [-0.3, -0.25) is 0 Å². The summed E-state index contributed by atoms with van der Waals surface area (Å²) in [7, 11) is 0. The predicted octanol–water partition coefficient (Wildman–Crippen LogP) is 13.0. The summed E-state index contributed by atoms with van der Waals surface area (Å²) < 4.78 is 13.0. The second-order valence-corrected chi connectivity index (χ2v) is 13.8. The van der Waals surface area contributed by atoms with E-state index in [2.05, 4.69) is 109 Å². The Kier molecular flexibility index (Phi) is 6.92. The van der Waals surface area contributed by atoms with Crippen molar-refractivity contribution in [2.45, 2.75) is 12.8 Å². The fourth-order valence-electron chi connectivity index (χ4n) is 8.04. The summed E-state index contributed by atoms with van der Waals surface area (Å²) in [5.41, 5.74) is 13.0. The fourth-order valence-corrected chi connectivity index (χ4v) is 8.04. The van der Waals surface area contributed by atoms with Gasteiger partial charge < -0.3 is 8.83 Å². The van der Waals surface area contributed by atoms with Crippen LogP contribution in [0.25, 0.3) is 106 Å². The van der Waals surface area contributed by atoms with Gasteiger partial charge in [-0.25, -0.2) is 15.0 Å². The summed E-state index contributed by atoms with van der Waals surface area (Å²) in [6, 6.07) is 52.3. The molecule has 0 bridgehead atoms. The maximum atomic E-state index is 6.51. The van der Waals surface area contributed by atoms with Gasteiger partial charge >= 0.3 is 0 Å². The molecule has 7 aromatic carbocycles. The third-order valence-corrected chi connectivity index (χ3v) is 10.6. The summed E-state index contributed by atoms with van der Waals surface area (Å²) in [4.78, 5) is 15.7. The van der Waals surface area contributed by atoms with E-state index in [-0.39, 0.29) is 0 Å². The molecule has 0 N–H and O–H groups in total. The van der Waals surface area contributed by atoms with E-state index >= 15 is 0 Å². The van der Waals surface area contributed by atoms with Crippen LogP contribution in [0.1, 0.15) is 17.5 Å². The maximum absolute atomic E-state index is 6.51. The summed E-state index contributed by atoms with van der Waals surface area (Å²) in [5.74, 6) is 1.68. The van der Waals surface area contributed by atoms with Gasteiger partial charge in [0.2, 0.25) is 0 Å². The number of furan rings is 2. The minimum Gasteiger partial charge on any atom is -0.456 e. The summed E-state index contributed by atoms with van der Waals surface area (Å²) in [6.45, 7) is 0. The SMILES string of the molecule is C1=Cc2cccc(-c3ccc(-c4nc(-c5cccc6c5oc5ccccc56)nc(-c5cc(-c6ccccc6)cc6oc7ccccc7c56)n4)cc3)c2CC1. The lowest BCUT2D eigenvalue weighted by molar-refractivity contribution is 0.668. The van der Waals surface area contributed by atoms with Gasteiger partial charge in [0, 0.05) is 32.7 Å². The number of para-hydroxylation sites is 3. The van der Waals surface area contributed by atoms with Crippen molar-refractivity contribution in [3.63, 3.8) is 0 Å². The van der Waals surface area contributed by atoms with Crippen LogP contribution in [0.5, 0.6) is 0 Å². The minimum atomic E-state index is 0.540. The predicted molar refractivity (Wildman–Crippen MR) is 219 cm³/mol. The first-order valence-electron chi connectivity index (χ1n) is 18.3. The third-order valence-electron chi connectivity index (χ3n) is 10.6. The number of allylic oxidation sites excluding steroid dienone is 1. The van der Waals surface area contributed by atoms with Crippen LogP contribution in [0.4, 0.5) is 0 Å². The van der Waals surface area contributed by atoms with Gasteiger partial charge in [0.25, 0.3) is 0 Å². The molecule has 11 rings (SSSR count). The van der Waals surface area contributed by atoms with Crippen LogP contribution in [-0.4, -0.2) is 15.0 Å². The van der Waals surface area contributed by atoms with Crippen LogP contribution in [0, 0.1) is 0 Å². The van der Waals surface area contributed by atoms with Crippen LogP contribution < -0.4 is 0 Å². The highest BCUT2D eigenvalue weighted by Gasteiger charge is 2.22. The summed E-state index contributed by atoms with van der Waals surface area (Å²) >= 11 is 0. The lowest BCUT2D eigenvalue weighted by atomic mass is 9.89. The molecule has 0 atom stereocenters. The van der Waals surface area contributed by atoms with Crippen molar-refractivity contribution in [3.05, 3.63) is 169 Å². The Bertz CT molecular complexity index is 3100. The minimum absolute atomic E-state index is 0.540. The molecule has 0 saturated heterocycles. The Morgan fingerprint density at radius 2 is 1.09 bits per heavy atom. The highest BCUT2D eigenvalue weighted by molar-refractivity contribution is 6.13. The molecule has 3 heterocycles. The lowest BCUT2D eigenvalue weighted by Crippen LogP contribution is -2.01. The third kappa shape index (κ3) is 4.97. The average molecular weight is 694 g/mol. The number of nitrogens with zero attached hydrogens (tertiary/aromatic N) is 3. The van der Waals surface area contributed by atoms with Crippen LogP contribution in [0.2, 0.25) is 0 Å². The molecule has 0 saturated carbocycles. The van der Waals surface area contributed by atoms with Crippen LogP contribution >= 0.6 is 0 Å². The van der Waals surface area contributed by atoms with E-state index in [0.717, 1.165) is 84.5 Å². The number of rotatable bonds is 5. The van der Waals surface area contributed by atoms with Crippen LogP contribution in [0.15, 0.2) is 167 Å². The van der Waals surface area contributed by atoms with Crippen molar-refractivity contribution < 1.29 is 8.83 Å². The van der Waals surface area contributed by atoms with Gasteiger partial charge in [-0.2, -0.15) is 0 Å². The number of fused-ring (bicyclic) bond motifs is 7. The lowest BCUT2D eigenvalue weighted by Gasteiger charge is -2.16. The van der Waals surface area contributed by atoms with Gasteiger partial charge in [-0.1, -0.05) is 133 Å². The number of hydrogen-bond donors (Lipinski definition) is 0. The Balaban J connectivity index is 1.15.